The van der Waals surface area contributed by atoms with Gasteiger partial charge >= 0.3 is 0 Å². The fourth-order valence-electron chi connectivity index (χ4n) is 4.15. The van der Waals surface area contributed by atoms with Crippen molar-refractivity contribution in [1.82, 2.24) is 19.6 Å². The van der Waals surface area contributed by atoms with Gasteiger partial charge in [0.1, 0.15) is 11.4 Å². The van der Waals surface area contributed by atoms with Gasteiger partial charge in [-0.15, -0.1) is 0 Å². The van der Waals surface area contributed by atoms with E-state index in [1.165, 1.54) is 0 Å². The van der Waals surface area contributed by atoms with Crippen LogP contribution in [0.25, 0.3) is 16.9 Å². The molecule has 0 saturated carbocycles. The molecule has 8 nitrogen and oxygen atoms in total. The molecule has 3 aromatic rings. The molecular weight excluding hydrogens is 358 g/mol. The topological polar surface area (TPSA) is 87.9 Å². The molecule has 2 fully saturated rings. The maximum Gasteiger partial charge on any atom is 0.167 e. The lowest BCUT2D eigenvalue weighted by molar-refractivity contribution is -0.0717. The summed E-state index contributed by atoms with van der Waals surface area (Å²) >= 11 is 0. The average Bonchev–Trinajstić information content (AvgIpc) is 3.37. The summed E-state index contributed by atoms with van der Waals surface area (Å²) < 4.78 is 12.9. The monoisotopic (exact) mass is 383 g/mol. The molecule has 0 aromatic carbocycles. The normalized spacial score (nSPS) is 22.6. The van der Waals surface area contributed by atoms with Crippen LogP contribution in [0.1, 0.15) is 25.5 Å². The third-order valence-corrected chi connectivity index (χ3v) is 5.81. The molecule has 0 spiro atoms. The molecule has 2 aliphatic heterocycles. The van der Waals surface area contributed by atoms with E-state index in [0.717, 1.165) is 35.0 Å². The highest BCUT2D eigenvalue weighted by molar-refractivity contribution is 5.76. The fourth-order valence-corrected chi connectivity index (χ4v) is 4.15. The number of aromatic nitrogens is 4. The van der Waals surface area contributed by atoms with Gasteiger partial charge < -0.3 is 24.5 Å². The van der Waals surface area contributed by atoms with Crippen molar-refractivity contribution in [3.8, 4) is 11.3 Å². The van der Waals surface area contributed by atoms with Crippen LogP contribution < -0.4 is 4.90 Å². The first-order valence-electron chi connectivity index (χ1n) is 9.83. The Morgan fingerprint density at radius 2 is 2.11 bits per heavy atom. The lowest BCUT2D eigenvalue weighted by Crippen LogP contribution is -2.44. The minimum absolute atomic E-state index is 0.220. The summed E-state index contributed by atoms with van der Waals surface area (Å²) in [7, 11) is 0. The number of aromatic amines is 1. The summed E-state index contributed by atoms with van der Waals surface area (Å²) in [5.41, 5.74) is 2.41. The zero-order valence-corrected chi connectivity index (χ0v) is 16.0. The van der Waals surface area contributed by atoms with Crippen LogP contribution in [-0.4, -0.2) is 63.7 Å². The number of H-pyrrole nitrogens is 1. The van der Waals surface area contributed by atoms with Gasteiger partial charge in [-0.25, -0.2) is 9.50 Å². The number of morpholine rings is 1. The van der Waals surface area contributed by atoms with Crippen molar-refractivity contribution in [3.63, 3.8) is 0 Å². The molecule has 0 aliphatic carbocycles. The first-order chi connectivity index (χ1) is 13.7. The number of hydrogen-bond acceptors (Lipinski definition) is 6. The molecule has 5 rings (SSSR count). The van der Waals surface area contributed by atoms with E-state index in [0.29, 0.717) is 39.3 Å². The van der Waals surface area contributed by atoms with Gasteiger partial charge in [0.05, 0.1) is 42.4 Å². The zero-order chi connectivity index (χ0) is 19.1. The van der Waals surface area contributed by atoms with E-state index in [4.69, 9.17) is 14.5 Å². The lowest BCUT2D eigenvalue weighted by atomic mass is 9.90. The lowest BCUT2D eigenvalue weighted by Gasteiger charge is -2.36. The highest BCUT2D eigenvalue weighted by atomic mass is 16.5. The fraction of sp³-hybridized carbons (Fsp3) is 0.500. The van der Waals surface area contributed by atoms with Crippen LogP contribution in [0.5, 0.6) is 0 Å². The first-order valence-corrected chi connectivity index (χ1v) is 9.83. The number of rotatable bonds is 3. The maximum absolute atomic E-state index is 11.4. The molecule has 148 valence electrons. The summed E-state index contributed by atoms with van der Waals surface area (Å²) in [5.74, 6) is 0.853. The largest absolute Gasteiger partial charge is 0.383 e. The molecule has 8 heteroatoms. The number of fused-ring (bicyclic) bond motifs is 1. The van der Waals surface area contributed by atoms with Gasteiger partial charge in [0.2, 0.25) is 0 Å². The van der Waals surface area contributed by atoms with E-state index in [2.05, 4.69) is 21.9 Å². The molecule has 1 atom stereocenters. The molecular formula is C20H25N5O3. The number of aliphatic hydroxyl groups is 1. The molecule has 28 heavy (non-hydrogen) atoms. The number of anilines is 1. The predicted molar refractivity (Wildman–Crippen MR) is 104 cm³/mol. The number of ether oxygens (including phenoxy) is 2. The van der Waals surface area contributed by atoms with Crippen LogP contribution in [-0.2, 0) is 15.1 Å². The molecule has 2 N–H and O–H groups in total. The van der Waals surface area contributed by atoms with E-state index >= 15 is 0 Å². The Labute approximate surface area is 163 Å². The smallest absolute Gasteiger partial charge is 0.167 e. The summed E-state index contributed by atoms with van der Waals surface area (Å²) in [5, 5.41) is 16.0. The summed E-state index contributed by atoms with van der Waals surface area (Å²) in [4.78, 5) is 10.5. The van der Waals surface area contributed by atoms with Crippen LogP contribution in [0, 0.1) is 0 Å². The van der Waals surface area contributed by atoms with Gasteiger partial charge in [-0.3, -0.25) is 0 Å². The van der Waals surface area contributed by atoms with Crippen molar-refractivity contribution in [2.75, 3.05) is 37.9 Å². The van der Waals surface area contributed by atoms with Crippen LogP contribution >= 0.6 is 0 Å². The van der Waals surface area contributed by atoms with Gasteiger partial charge in [-0.05, 0) is 19.1 Å². The van der Waals surface area contributed by atoms with Crippen LogP contribution in [0.3, 0.4) is 0 Å². The van der Waals surface area contributed by atoms with Crippen molar-refractivity contribution in [1.29, 1.82) is 0 Å². The van der Waals surface area contributed by atoms with Crippen molar-refractivity contribution in [2.24, 2.45) is 0 Å². The molecule has 0 unspecified atom stereocenters. The SMILES string of the molecule is C[C@@H]1COCCN1c1cc(C2(O)CCOCC2)n2ncc(-c3ccc[nH]3)c2n1. The van der Waals surface area contributed by atoms with Crippen molar-refractivity contribution in [2.45, 2.75) is 31.4 Å². The third-order valence-electron chi connectivity index (χ3n) is 5.81. The van der Waals surface area contributed by atoms with Crippen LogP contribution in [0.15, 0.2) is 30.6 Å². The Kier molecular flexibility index (Phi) is 4.34. The van der Waals surface area contributed by atoms with E-state index in [1.807, 2.05) is 30.6 Å². The van der Waals surface area contributed by atoms with Crippen molar-refractivity contribution < 1.29 is 14.6 Å². The Morgan fingerprint density at radius 3 is 2.86 bits per heavy atom. The predicted octanol–water partition coefficient (Wildman–Crippen LogP) is 1.95. The Morgan fingerprint density at radius 1 is 1.25 bits per heavy atom. The summed E-state index contributed by atoms with van der Waals surface area (Å²) in [6, 6.07) is 6.18. The molecule has 5 heterocycles. The van der Waals surface area contributed by atoms with E-state index in [1.54, 1.807) is 4.52 Å². The van der Waals surface area contributed by atoms with Gasteiger partial charge in [0, 0.05) is 44.9 Å². The standard InChI is InChI=1S/C20H25N5O3/c1-14-13-28-10-7-24(14)18-11-17(20(26)4-8-27-9-5-20)25-19(23-18)15(12-22-25)16-3-2-6-21-16/h2-3,6,11-12,14,21,26H,4-5,7-10,13H2,1H3/t14-/m1/s1. The number of nitrogens with zero attached hydrogens (tertiary/aromatic N) is 4. The Balaban J connectivity index is 1.70. The third kappa shape index (κ3) is 2.88. The van der Waals surface area contributed by atoms with Gasteiger partial charge in [-0.2, -0.15) is 5.10 Å². The quantitative estimate of drug-likeness (QED) is 0.719. The Bertz CT molecular complexity index is 962. The minimum atomic E-state index is -0.983. The average molecular weight is 383 g/mol. The van der Waals surface area contributed by atoms with E-state index in [9.17, 15) is 5.11 Å². The maximum atomic E-state index is 11.4. The second kappa shape index (κ2) is 6.88. The number of hydrogen-bond donors (Lipinski definition) is 2. The van der Waals surface area contributed by atoms with Gasteiger partial charge in [0.25, 0.3) is 0 Å². The van der Waals surface area contributed by atoms with Crippen molar-refractivity contribution >= 4 is 11.5 Å². The van der Waals surface area contributed by atoms with E-state index in [-0.39, 0.29) is 6.04 Å². The summed E-state index contributed by atoms with van der Waals surface area (Å²) in [6.45, 7) is 5.33. The molecule has 0 bridgehead atoms. The van der Waals surface area contributed by atoms with Crippen LogP contribution in [0.4, 0.5) is 5.82 Å². The molecule has 0 radical (unpaired) electrons. The highest BCUT2D eigenvalue weighted by Gasteiger charge is 2.36. The van der Waals surface area contributed by atoms with Gasteiger partial charge in [0.15, 0.2) is 5.65 Å². The minimum Gasteiger partial charge on any atom is -0.383 e. The Hall–Kier alpha value is -2.42. The molecule has 3 aromatic heterocycles. The van der Waals surface area contributed by atoms with Gasteiger partial charge in [-0.1, -0.05) is 0 Å². The summed E-state index contributed by atoms with van der Waals surface area (Å²) in [6.07, 6.45) is 4.79. The molecule has 2 saturated heterocycles. The second-order valence-corrected chi connectivity index (χ2v) is 7.64. The second-order valence-electron chi connectivity index (χ2n) is 7.64. The van der Waals surface area contributed by atoms with Crippen LogP contribution in [0.2, 0.25) is 0 Å². The molecule has 0 amide bonds. The number of nitrogens with one attached hydrogen (secondary N) is 1. The van der Waals surface area contributed by atoms with E-state index < -0.39 is 5.60 Å². The molecule has 2 aliphatic rings. The highest BCUT2D eigenvalue weighted by Crippen LogP contribution is 2.36. The van der Waals surface area contributed by atoms with Crippen molar-refractivity contribution in [3.05, 3.63) is 36.3 Å². The zero-order valence-electron chi connectivity index (χ0n) is 16.0. The first kappa shape index (κ1) is 17.7.